The van der Waals surface area contributed by atoms with E-state index in [9.17, 15) is 0 Å². The van der Waals surface area contributed by atoms with E-state index in [1.54, 1.807) is 0 Å². The molecule has 1 saturated carbocycles. The Labute approximate surface area is 89.4 Å². The second-order valence-corrected chi connectivity index (χ2v) is 4.62. The number of aromatic nitrogens is 3. The van der Waals surface area contributed by atoms with Crippen molar-refractivity contribution >= 4 is 0 Å². The van der Waals surface area contributed by atoms with Gasteiger partial charge in [-0.1, -0.05) is 12.8 Å². The Hall–Kier alpha value is -0.900. The van der Waals surface area contributed by atoms with E-state index in [1.165, 1.54) is 25.7 Å². The van der Waals surface area contributed by atoms with Crippen LogP contribution in [0, 0.1) is 0 Å². The minimum Gasteiger partial charge on any atom is -0.381 e. The van der Waals surface area contributed by atoms with Gasteiger partial charge in [-0.25, -0.2) is 4.98 Å². The summed E-state index contributed by atoms with van der Waals surface area (Å²) in [6.45, 7) is 1.65. The summed E-state index contributed by atoms with van der Waals surface area (Å²) in [5, 5.41) is 7.43. The molecule has 0 spiro atoms. The molecule has 0 aromatic carbocycles. The number of nitrogens with one attached hydrogen (secondary N) is 1. The van der Waals surface area contributed by atoms with Crippen LogP contribution in [0.4, 0.5) is 0 Å². The lowest BCUT2D eigenvalue weighted by atomic mass is 10.1. The molecule has 2 heterocycles. The molecule has 2 aliphatic rings. The average Bonchev–Trinajstić information content (AvgIpc) is 3.02. The zero-order valence-corrected chi connectivity index (χ0v) is 8.91. The van der Waals surface area contributed by atoms with E-state index >= 15 is 0 Å². The second kappa shape index (κ2) is 3.93. The molecular formula is C11H17N3O. The first-order chi connectivity index (χ1) is 7.43. The van der Waals surface area contributed by atoms with Gasteiger partial charge in [-0.15, -0.1) is 0 Å². The summed E-state index contributed by atoms with van der Waals surface area (Å²) in [4.78, 5) is 4.63. The van der Waals surface area contributed by atoms with E-state index in [-0.39, 0.29) is 0 Å². The van der Waals surface area contributed by atoms with Gasteiger partial charge in [0.2, 0.25) is 0 Å². The van der Waals surface area contributed by atoms with Crippen molar-refractivity contribution in [3.05, 3.63) is 11.6 Å². The number of aromatic amines is 1. The lowest BCUT2D eigenvalue weighted by molar-refractivity contribution is 0.193. The van der Waals surface area contributed by atoms with E-state index in [2.05, 4.69) is 15.2 Å². The lowest BCUT2D eigenvalue weighted by Gasteiger charge is -2.03. The Morgan fingerprint density at radius 3 is 2.73 bits per heavy atom. The molecule has 3 rings (SSSR count). The van der Waals surface area contributed by atoms with Crippen LogP contribution in [0.1, 0.15) is 55.6 Å². The van der Waals surface area contributed by atoms with Gasteiger partial charge in [0.25, 0.3) is 0 Å². The summed E-state index contributed by atoms with van der Waals surface area (Å²) in [7, 11) is 0. The number of nitrogens with zero attached hydrogens (tertiary/aromatic N) is 2. The van der Waals surface area contributed by atoms with Crippen molar-refractivity contribution in [2.45, 2.75) is 43.9 Å². The van der Waals surface area contributed by atoms with Gasteiger partial charge in [-0.2, -0.15) is 5.10 Å². The van der Waals surface area contributed by atoms with Crippen LogP contribution in [0.15, 0.2) is 0 Å². The fourth-order valence-electron chi connectivity index (χ4n) is 2.59. The molecule has 1 unspecified atom stereocenters. The van der Waals surface area contributed by atoms with Crippen molar-refractivity contribution in [1.29, 1.82) is 0 Å². The molecule has 0 bridgehead atoms. The van der Waals surface area contributed by atoms with Gasteiger partial charge in [0.15, 0.2) is 5.82 Å². The SMILES string of the molecule is C1CCC(c2nc(C3CCOC3)n[nH]2)C1. The van der Waals surface area contributed by atoms with Gasteiger partial charge in [0, 0.05) is 18.4 Å². The number of hydrogen-bond acceptors (Lipinski definition) is 3. The topological polar surface area (TPSA) is 50.8 Å². The highest BCUT2D eigenvalue weighted by molar-refractivity contribution is 5.04. The predicted molar refractivity (Wildman–Crippen MR) is 55.8 cm³/mol. The fraction of sp³-hybridized carbons (Fsp3) is 0.818. The number of H-pyrrole nitrogens is 1. The molecule has 1 N–H and O–H groups in total. The number of hydrogen-bond donors (Lipinski definition) is 1. The molecule has 1 aliphatic heterocycles. The van der Waals surface area contributed by atoms with Gasteiger partial charge in [-0.3, -0.25) is 5.10 Å². The monoisotopic (exact) mass is 207 g/mol. The Morgan fingerprint density at radius 2 is 2.00 bits per heavy atom. The van der Waals surface area contributed by atoms with Crippen molar-refractivity contribution in [2.24, 2.45) is 0 Å². The normalized spacial score (nSPS) is 27.6. The molecule has 82 valence electrons. The highest BCUT2D eigenvalue weighted by Crippen LogP contribution is 2.32. The van der Waals surface area contributed by atoms with E-state index in [0.29, 0.717) is 11.8 Å². The van der Waals surface area contributed by atoms with Crippen LogP contribution < -0.4 is 0 Å². The van der Waals surface area contributed by atoms with Crippen molar-refractivity contribution in [3.8, 4) is 0 Å². The first-order valence-corrected chi connectivity index (χ1v) is 5.93. The number of ether oxygens (including phenoxy) is 1. The van der Waals surface area contributed by atoms with Crippen LogP contribution in [-0.2, 0) is 4.74 Å². The van der Waals surface area contributed by atoms with Crippen LogP contribution in [0.2, 0.25) is 0 Å². The van der Waals surface area contributed by atoms with E-state index in [1.807, 2.05) is 0 Å². The third-order valence-electron chi connectivity index (χ3n) is 3.56. The third kappa shape index (κ3) is 1.78. The predicted octanol–water partition coefficient (Wildman–Crippen LogP) is 1.97. The summed E-state index contributed by atoms with van der Waals surface area (Å²) in [6, 6.07) is 0. The molecule has 4 heteroatoms. The second-order valence-electron chi connectivity index (χ2n) is 4.62. The maximum atomic E-state index is 5.35. The summed E-state index contributed by atoms with van der Waals surface area (Å²) >= 11 is 0. The molecule has 2 fully saturated rings. The Kier molecular flexibility index (Phi) is 2.44. The highest BCUT2D eigenvalue weighted by atomic mass is 16.5. The minimum absolute atomic E-state index is 0.427. The molecule has 0 amide bonds. The Balaban J connectivity index is 1.74. The Bertz CT molecular complexity index is 294. The first-order valence-electron chi connectivity index (χ1n) is 5.93. The smallest absolute Gasteiger partial charge is 0.156 e. The average molecular weight is 207 g/mol. The van der Waals surface area contributed by atoms with E-state index < -0.39 is 0 Å². The molecule has 15 heavy (non-hydrogen) atoms. The van der Waals surface area contributed by atoms with Crippen molar-refractivity contribution in [3.63, 3.8) is 0 Å². The molecule has 1 aromatic heterocycles. The van der Waals surface area contributed by atoms with Crippen molar-refractivity contribution < 1.29 is 4.74 Å². The highest BCUT2D eigenvalue weighted by Gasteiger charge is 2.25. The molecule has 4 nitrogen and oxygen atoms in total. The maximum Gasteiger partial charge on any atom is 0.156 e. The number of rotatable bonds is 2. The lowest BCUT2D eigenvalue weighted by Crippen LogP contribution is -2.00. The Morgan fingerprint density at radius 1 is 1.13 bits per heavy atom. The maximum absolute atomic E-state index is 5.35. The van der Waals surface area contributed by atoms with Gasteiger partial charge in [0.05, 0.1) is 6.61 Å². The molecular weight excluding hydrogens is 190 g/mol. The summed E-state index contributed by atoms with van der Waals surface area (Å²) < 4.78 is 5.35. The van der Waals surface area contributed by atoms with Crippen molar-refractivity contribution in [1.82, 2.24) is 15.2 Å². The molecule has 0 radical (unpaired) electrons. The standard InChI is InChI=1S/C11H17N3O/c1-2-4-8(3-1)10-12-11(14-13-10)9-5-6-15-7-9/h8-9H,1-7H2,(H,12,13,14). The van der Waals surface area contributed by atoms with Crippen LogP contribution >= 0.6 is 0 Å². The quantitative estimate of drug-likeness (QED) is 0.806. The van der Waals surface area contributed by atoms with Gasteiger partial charge < -0.3 is 4.74 Å². The first kappa shape index (κ1) is 9.33. The zero-order valence-electron chi connectivity index (χ0n) is 8.91. The third-order valence-corrected chi connectivity index (χ3v) is 3.56. The molecule has 1 aliphatic carbocycles. The van der Waals surface area contributed by atoms with Crippen LogP contribution in [0.25, 0.3) is 0 Å². The van der Waals surface area contributed by atoms with Crippen LogP contribution in [0.3, 0.4) is 0 Å². The van der Waals surface area contributed by atoms with Gasteiger partial charge in [0.1, 0.15) is 5.82 Å². The summed E-state index contributed by atoms with van der Waals surface area (Å²) in [6.07, 6.45) is 6.30. The van der Waals surface area contributed by atoms with E-state index in [0.717, 1.165) is 31.3 Å². The largest absolute Gasteiger partial charge is 0.381 e. The molecule has 1 atom stereocenters. The van der Waals surface area contributed by atoms with Gasteiger partial charge >= 0.3 is 0 Å². The minimum atomic E-state index is 0.427. The fourth-order valence-corrected chi connectivity index (χ4v) is 2.59. The molecule has 1 saturated heterocycles. The summed E-state index contributed by atoms with van der Waals surface area (Å²) in [5.74, 6) is 3.13. The summed E-state index contributed by atoms with van der Waals surface area (Å²) in [5.41, 5.74) is 0. The van der Waals surface area contributed by atoms with E-state index in [4.69, 9.17) is 4.74 Å². The zero-order chi connectivity index (χ0) is 10.1. The van der Waals surface area contributed by atoms with Crippen LogP contribution in [-0.4, -0.2) is 28.4 Å². The van der Waals surface area contributed by atoms with Crippen molar-refractivity contribution in [2.75, 3.05) is 13.2 Å². The van der Waals surface area contributed by atoms with Gasteiger partial charge in [-0.05, 0) is 19.3 Å². The van der Waals surface area contributed by atoms with Crippen LogP contribution in [0.5, 0.6) is 0 Å². The molecule has 1 aromatic rings.